The normalized spacial score (nSPS) is 20.5. The van der Waals surface area contributed by atoms with Crippen molar-refractivity contribution in [1.82, 2.24) is 5.32 Å². The van der Waals surface area contributed by atoms with Crippen molar-refractivity contribution in [2.24, 2.45) is 5.41 Å². The Kier molecular flexibility index (Phi) is 4.74. The Bertz CT molecular complexity index is 817. The van der Waals surface area contributed by atoms with Gasteiger partial charge in [0.2, 0.25) is 0 Å². The van der Waals surface area contributed by atoms with Crippen LogP contribution in [0.2, 0.25) is 0 Å². The first-order valence-corrected chi connectivity index (χ1v) is 8.65. The Morgan fingerprint density at radius 2 is 1.81 bits per heavy atom. The Hall–Kier alpha value is -2.43. The summed E-state index contributed by atoms with van der Waals surface area (Å²) < 4.78 is 33.0. The van der Waals surface area contributed by atoms with Gasteiger partial charge in [-0.25, -0.2) is 8.78 Å². The first-order valence-electron chi connectivity index (χ1n) is 8.65. The molecule has 0 bridgehead atoms. The number of rotatable bonds is 6. The van der Waals surface area contributed by atoms with E-state index in [1.165, 1.54) is 12.1 Å². The number of amides is 1. The fourth-order valence-electron chi connectivity index (χ4n) is 3.53. The van der Waals surface area contributed by atoms with Crippen LogP contribution in [0.15, 0.2) is 42.5 Å². The molecule has 1 saturated carbocycles. The second-order valence-corrected chi connectivity index (χ2v) is 7.65. The minimum Gasteiger partial charge on any atom is -0.484 e. The van der Waals surface area contributed by atoms with Crippen LogP contribution in [0.1, 0.15) is 31.4 Å². The van der Waals surface area contributed by atoms with E-state index in [2.05, 4.69) is 5.32 Å². The topological polar surface area (TPSA) is 38.3 Å². The molecule has 0 aliphatic heterocycles. The van der Waals surface area contributed by atoms with Crippen molar-refractivity contribution in [2.75, 3.05) is 13.2 Å². The van der Waals surface area contributed by atoms with Gasteiger partial charge in [-0.2, -0.15) is 0 Å². The maximum Gasteiger partial charge on any atom is 0.257 e. The summed E-state index contributed by atoms with van der Waals surface area (Å²) in [6, 6.07) is 11.1. The summed E-state index contributed by atoms with van der Waals surface area (Å²) in [4.78, 5) is 12.1. The van der Waals surface area contributed by atoms with Crippen LogP contribution in [-0.2, 0) is 10.2 Å². The summed E-state index contributed by atoms with van der Waals surface area (Å²) in [5, 5.41) is 2.84. The lowest BCUT2D eigenvalue weighted by Gasteiger charge is -2.22. The van der Waals surface area contributed by atoms with Gasteiger partial charge in [0.05, 0.1) is 0 Å². The molecule has 3 rings (SSSR count). The van der Waals surface area contributed by atoms with E-state index in [1.807, 2.05) is 45.0 Å². The van der Waals surface area contributed by atoms with E-state index in [9.17, 15) is 13.6 Å². The SMILES string of the molecule is Cc1ccc(OCC(=O)NCC2(c3ccc(F)cc3F)CC2(C)C)cc1. The first-order chi connectivity index (χ1) is 12.2. The molecule has 0 heterocycles. The molecule has 138 valence electrons. The first kappa shape index (κ1) is 18.4. The van der Waals surface area contributed by atoms with E-state index in [0.29, 0.717) is 17.9 Å². The number of carbonyl (C=O) groups excluding carboxylic acids is 1. The van der Waals surface area contributed by atoms with Crippen LogP contribution in [0, 0.1) is 24.0 Å². The van der Waals surface area contributed by atoms with Gasteiger partial charge in [0.25, 0.3) is 5.91 Å². The predicted molar refractivity (Wildman–Crippen MR) is 96.1 cm³/mol. The van der Waals surface area contributed by atoms with Crippen molar-refractivity contribution in [3.05, 3.63) is 65.2 Å². The molecule has 1 aliphatic rings. The molecule has 1 N–H and O–H groups in total. The molecular formula is C21H23F2NO2. The third-order valence-electron chi connectivity index (χ3n) is 5.34. The highest BCUT2D eigenvalue weighted by molar-refractivity contribution is 5.77. The maximum atomic E-state index is 14.3. The van der Waals surface area contributed by atoms with Crippen LogP contribution in [0.3, 0.4) is 0 Å². The molecule has 0 aromatic heterocycles. The number of nitrogens with one attached hydrogen (secondary N) is 1. The number of ether oxygens (including phenoxy) is 1. The van der Waals surface area contributed by atoms with Crippen LogP contribution in [-0.4, -0.2) is 19.1 Å². The second-order valence-electron chi connectivity index (χ2n) is 7.65. The highest BCUT2D eigenvalue weighted by atomic mass is 19.1. The zero-order valence-corrected chi connectivity index (χ0v) is 15.2. The lowest BCUT2D eigenvalue weighted by molar-refractivity contribution is -0.123. The third-order valence-corrected chi connectivity index (χ3v) is 5.34. The molecule has 1 atom stereocenters. The summed E-state index contributed by atoms with van der Waals surface area (Å²) >= 11 is 0. The van der Waals surface area contributed by atoms with Crippen LogP contribution in [0.25, 0.3) is 0 Å². The molecule has 1 unspecified atom stereocenters. The Labute approximate surface area is 152 Å². The Balaban J connectivity index is 1.62. The van der Waals surface area contributed by atoms with Crippen LogP contribution >= 0.6 is 0 Å². The average Bonchev–Trinajstić information content (AvgIpc) is 3.14. The molecule has 0 radical (unpaired) electrons. The number of halogens is 2. The van der Waals surface area contributed by atoms with Crippen molar-refractivity contribution in [2.45, 2.75) is 32.6 Å². The molecule has 5 heteroatoms. The number of hydrogen-bond donors (Lipinski definition) is 1. The fraction of sp³-hybridized carbons (Fsp3) is 0.381. The van der Waals surface area contributed by atoms with Crippen molar-refractivity contribution in [3.8, 4) is 5.75 Å². The Morgan fingerprint density at radius 3 is 2.38 bits per heavy atom. The van der Waals surface area contributed by atoms with E-state index in [4.69, 9.17) is 4.74 Å². The molecule has 2 aromatic carbocycles. The van der Waals surface area contributed by atoms with Gasteiger partial charge in [0.1, 0.15) is 17.4 Å². The molecule has 26 heavy (non-hydrogen) atoms. The van der Waals surface area contributed by atoms with Gasteiger partial charge in [0.15, 0.2) is 6.61 Å². The molecule has 1 amide bonds. The highest BCUT2D eigenvalue weighted by Crippen LogP contribution is 2.64. The lowest BCUT2D eigenvalue weighted by atomic mass is 9.87. The molecule has 2 aromatic rings. The minimum absolute atomic E-state index is 0.106. The smallest absolute Gasteiger partial charge is 0.257 e. The monoisotopic (exact) mass is 359 g/mol. The molecular weight excluding hydrogens is 336 g/mol. The molecule has 1 aliphatic carbocycles. The number of carbonyl (C=O) groups is 1. The van der Waals surface area contributed by atoms with Crippen molar-refractivity contribution in [1.29, 1.82) is 0 Å². The van der Waals surface area contributed by atoms with Gasteiger partial charge < -0.3 is 10.1 Å². The summed E-state index contributed by atoms with van der Waals surface area (Å²) in [5.41, 5.74) is 0.867. The zero-order valence-electron chi connectivity index (χ0n) is 15.2. The lowest BCUT2D eigenvalue weighted by Crippen LogP contribution is -2.37. The fourth-order valence-corrected chi connectivity index (χ4v) is 3.53. The third kappa shape index (κ3) is 3.57. The molecule has 0 spiro atoms. The van der Waals surface area contributed by atoms with Gasteiger partial charge >= 0.3 is 0 Å². The average molecular weight is 359 g/mol. The van der Waals surface area contributed by atoms with E-state index >= 15 is 0 Å². The van der Waals surface area contributed by atoms with Gasteiger partial charge in [-0.1, -0.05) is 37.6 Å². The van der Waals surface area contributed by atoms with Crippen LogP contribution in [0.4, 0.5) is 8.78 Å². The van der Waals surface area contributed by atoms with Crippen molar-refractivity contribution in [3.63, 3.8) is 0 Å². The molecule has 0 saturated heterocycles. The minimum atomic E-state index is -0.601. The summed E-state index contributed by atoms with van der Waals surface area (Å²) in [6.45, 7) is 6.20. The Morgan fingerprint density at radius 1 is 1.15 bits per heavy atom. The van der Waals surface area contributed by atoms with Crippen LogP contribution < -0.4 is 10.1 Å². The van der Waals surface area contributed by atoms with Crippen molar-refractivity contribution >= 4 is 5.91 Å². The van der Waals surface area contributed by atoms with E-state index in [-0.39, 0.29) is 17.9 Å². The van der Waals surface area contributed by atoms with Gasteiger partial charge in [-0.3, -0.25) is 4.79 Å². The van der Waals surface area contributed by atoms with Gasteiger partial charge in [-0.15, -0.1) is 0 Å². The van der Waals surface area contributed by atoms with Gasteiger partial charge in [0, 0.05) is 18.0 Å². The summed E-state index contributed by atoms with van der Waals surface area (Å²) in [6.07, 6.45) is 0.724. The highest BCUT2D eigenvalue weighted by Gasteiger charge is 2.62. The predicted octanol–water partition coefficient (Wildman–Crippen LogP) is 4.14. The largest absolute Gasteiger partial charge is 0.484 e. The van der Waals surface area contributed by atoms with E-state index in [1.54, 1.807) is 0 Å². The van der Waals surface area contributed by atoms with E-state index in [0.717, 1.165) is 18.1 Å². The van der Waals surface area contributed by atoms with Crippen LogP contribution in [0.5, 0.6) is 5.75 Å². The van der Waals surface area contributed by atoms with E-state index < -0.39 is 17.0 Å². The summed E-state index contributed by atoms with van der Waals surface area (Å²) in [5.74, 6) is -0.817. The maximum absolute atomic E-state index is 14.3. The number of hydrogen-bond acceptors (Lipinski definition) is 2. The molecule has 3 nitrogen and oxygen atoms in total. The summed E-state index contributed by atoms with van der Waals surface area (Å²) in [7, 11) is 0. The number of benzene rings is 2. The molecule has 1 fully saturated rings. The number of aryl methyl sites for hydroxylation is 1. The zero-order chi connectivity index (χ0) is 18.9. The second kappa shape index (κ2) is 6.71. The van der Waals surface area contributed by atoms with Crippen molar-refractivity contribution < 1.29 is 18.3 Å². The quantitative estimate of drug-likeness (QED) is 0.842. The standard InChI is InChI=1S/C21H23F2NO2/c1-14-4-7-16(8-5-14)26-11-19(25)24-13-21(12-20(21,2)3)17-9-6-15(22)10-18(17)23/h4-10H,11-13H2,1-3H3,(H,24,25). The van der Waals surface area contributed by atoms with Gasteiger partial charge in [-0.05, 0) is 42.5 Å².